The lowest BCUT2D eigenvalue weighted by Crippen LogP contribution is -2.13. The molecular formula is C10H10BrN3O. The molecule has 0 spiro atoms. The van der Waals surface area contributed by atoms with Crippen LogP contribution >= 0.6 is 15.9 Å². The summed E-state index contributed by atoms with van der Waals surface area (Å²) >= 11 is 3.27. The molecule has 0 atom stereocenters. The highest BCUT2D eigenvalue weighted by Gasteiger charge is 2.12. The standard InChI is InChI=1S/C10H10BrN3O/c1-13(2)9-5-3-4-8-12-10(11)7(6-15)14(8)9/h3-6H,1-2H3. The van der Waals surface area contributed by atoms with Crippen molar-refractivity contribution in [3.8, 4) is 0 Å². The SMILES string of the molecule is CN(C)c1cccc2nc(Br)c(C=O)n12. The lowest BCUT2D eigenvalue weighted by molar-refractivity contribution is 0.111. The Hall–Kier alpha value is -1.36. The van der Waals surface area contributed by atoms with Gasteiger partial charge in [0.15, 0.2) is 6.29 Å². The predicted octanol–water partition coefficient (Wildman–Crippen LogP) is 1.98. The van der Waals surface area contributed by atoms with E-state index >= 15 is 0 Å². The second-order valence-corrected chi connectivity index (χ2v) is 4.13. The van der Waals surface area contributed by atoms with Crippen molar-refractivity contribution in [2.24, 2.45) is 0 Å². The lowest BCUT2D eigenvalue weighted by Gasteiger charge is -2.14. The van der Waals surface area contributed by atoms with Gasteiger partial charge < -0.3 is 4.90 Å². The zero-order chi connectivity index (χ0) is 11.0. The fourth-order valence-corrected chi connectivity index (χ4v) is 1.97. The Morgan fingerprint density at radius 1 is 1.47 bits per heavy atom. The molecular weight excluding hydrogens is 258 g/mol. The van der Waals surface area contributed by atoms with E-state index < -0.39 is 0 Å². The van der Waals surface area contributed by atoms with Gasteiger partial charge in [-0.1, -0.05) is 6.07 Å². The van der Waals surface area contributed by atoms with Crippen molar-refractivity contribution in [3.05, 3.63) is 28.5 Å². The predicted molar refractivity (Wildman–Crippen MR) is 62.6 cm³/mol. The normalized spacial score (nSPS) is 10.6. The van der Waals surface area contributed by atoms with E-state index in [0.29, 0.717) is 10.3 Å². The Morgan fingerprint density at radius 2 is 2.20 bits per heavy atom. The van der Waals surface area contributed by atoms with Crippen molar-refractivity contribution in [2.75, 3.05) is 19.0 Å². The summed E-state index contributed by atoms with van der Waals surface area (Å²) in [6.45, 7) is 0. The Balaban J connectivity index is 2.87. The zero-order valence-corrected chi connectivity index (χ0v) is 10.0. The van der Waals surface area contributed by atoms with Gasteiger partial charge in [-0.3, -0.25) is 9.20 Å². The first-order valence-corrected chi connectivity index (χ1v) is 5.24. The molecule has 0 bridgehead atoms. The lowest BCUT2D eigenvalue weighted by atomic mass is 10.4. The molecule has 0 amide bonds. The number of aldehydes is 1. The third-order valence-corrected chi connectivity index (χ3v) is 2.77. The number of halogens is 1. The van der Waals surface area contributed by atoms with Crippen LogP contribution in [0.1, 0.15) is 10.5 Å². The minimum Gasteiger partial charge on any atom is -0.364 e. The van der Waals surface area contributed by atoms with Crippen molar-refractivity contribution in [1.82, 2.24) is 9.38 Å². The van der Waals surface area contributed by atoms with Gasteiger partial charge in [0.2, 0.25) is 0 Å². The number of aromatic nitrogens is 2. The summed E-state index contributed by atoms with van der Waals surface area (Å²) in [7, 11) is 3.86. The van der Waals surface area contributed by atoms with E-state index in [0.717, 1.165) is 17.8 Å². The van der Waals surface area contributed by atoms with Crippen LogP contribution < -0.4 is 4.90 Å². The van der Waals surface area contributed by atoms with Gasteiger partial charge in [0.1, 0.15) is 21.8 Å². The largest absolute Gasteiger partial charge is 0.364 e. The first-order valence-electron chi connectivity index (χ1n) is 4.44. The Morgan fingerprint density at radius 3 is 2.80 bits per heavy atom. The highest BCUT2D eigenvalue weighted by Crippen LogP contribution is 2.22. The van der Waals surface area contributed by atoms with Gasteiger partial charge in [-0.2, -0.15) is 0 Å². The second kappa shape index (κ2) is 3.66. The van der Waals surface area contributed by atoms with Gasteiger partial charge in [-0.25, -0.2) is 4.98 Å². The molecule has 0 radical (unpaired) electrons. The highest BCUT2D eigenvalue weighted by molar-refractivity contribution is 9.10. The first kappa shape index (κ1) is 10.2. The minimum atomic E-state index is 0.536. The van der Waals surface area contributed by atoms with Crippen molar-refractivity contribution in [2.45, 2.75) is 0 Å². The van der Waals surface area contributed by atoms with E-state index in [9.17, 15) is 4.79 Å². The van der Waals surface area contributed by atoms with Gasteiger partial charge in [0.05, 0.1) is 0 Å². The highest BCUT2D eigenvalue weighted by atomic mass is 79.9. The fraction of sp³-hybridized carbons (Fsp3) is 0.200. The summed E-state index contributed by atoms with van der Waals surface area (Å²) in [4.78, 5) is 17.2. The molecule has 0 saturated heterocycles. The fourth-order valence-electron chi connectivity index (χ4n) is 1.52. The average molecular weight is 268 g/mol. The molecule has 0 aliphatic heterocycles. The molecule has 2 rings (SSSR count). The molecule has 0 N–H and O–H groups in total. The van der Waals surface area contributed by atoms with E-state index in [2.05, 4.69) is 20.9 Å². The van der Waals surface area contributed by atoms with E-state index in [1.807, 2.05) is 41.6 Å². The van der Waals surface area contributed by atoms with Crippen LogP contribution in [0, 0.1) is 0 Å². The quantitative estimate of drug-likeness (QED) is 0.781. The summed E-state index contributed by atoms with van der Waals surface area (Å²) in [5.41, 5.74) is 1.30. The third-order valence-electron chi connectivity index (χ3n) is 2.18. The molecule has 0 aromatic carbocycles. The molecule has 0 aliphatic rings. The van der Waals surface area contributed by atoms with Gasteiger partial charge in [0.25, 0.3) is 0 Å². The van der Waals surface area contributed by atoms with Gasteiger partial charge in [-0.05, 0) is 28.1 Å². The maximum atomic E-state index is 11.0. The number of hydrogen-bond acceptors (Lipinski definition) is 3. The van der Waals surface area contributed by atoms with E-state index in [4.69, 9.17) is 0 Å². The number of hydrogen-bond donors (Lipinski definition) is 0. The summed E-state index contributed by atoms with van der Waals surface area (Å²) < 4.78 is 2.39. The van der Waals surface area contributed by atoms with Gasteiger partial charge in [0, 0.05) is 14.1 Å². The third kappa shape index (κ3) is 1.52. The summed E-state index contributed by atoms with van der Waals surface area (Å²) in [6.07, 6.45) is 0.803. The molecule has 0 saturated carbocycles. The number of anilines is 1. The van der Waals surface area contributed by atoms with E-state index in [1.165, 1.54) is 0 Å². The Bertz CT molecular complexity index is 519. The molecule has 78 valence electrons. The number of imidazole rings is 1. The molecule has 4 nitrogen and oxygen atoms in total. The zero-order valence-electron chi connectivity index (χ0n) is 8.44. The van der Waals surface area contributed by atoms with Gasteiger partial charge >= 0.3 is 0 Å². The van der Waals surface area contributed by atoms with Crippen LogP contribution in [0.25, 0.3) is 5.65 Å². The van der Waals surface area contributed by atoms with E-state index in [-0.39, 0.29) is 0 Å². The van der Waals surface area contributed by atoms with Crippen LogP contribution in [0.4, 0.5) is 5.82 Å². The van der Waals surface area contributed by atoms with E-state index in [1.54, 1.807) is 0 Å². The Labute approximate surface area is 95.7 Å². The van der Waals surface area contributed by atoms with Crippen LogP contribution in [-0.2, 0) is 0 Å². The molecule has 0 unspecified atom stereocenters. The minimum absolute atomic E-state index is 0.536. The molecule has 5 heteroatoms. The summed E-state index contributed by atoms with van der Waals surface area (Å²) in [5, 5.41) is 0. The maximum Gasteiger partial charge on any atom is 0.169 e. The molecule has 2 aromatic heterocycles. The van der Waals surface area contributed by atoms with Crippen LogP contribution in [-0.4, -0.2) is 29.8 Å². The maximum absolute atomic E-state index is 11.0. The number of carbonyl (C=O) groups is 1. The van der Waals surface area contributed by atoms with Crippen molar-refractivity contribution >= 4 is 33.7 Å². The number of pyridine rings is 1. The van der Waals surface area contributed by atoms with Crippen LogP contribution in [0.3, 0.4) is 0 Å². The summed E-state index contributed by atoms with van der Waals surface area (Å²) in [6, 6.07) is 5.72. The number of rotatable bonds is 2. The van der Waals surface area contributed by atoms with Crippen LogP contribution in [0.15, 0.2) is 22.8 Å². The summed E-state index contributed by atoms with van der Waals surface area (Å²) in [5.74, 6) is 0.924. The molecule has 0 fully saturated rings. The van der Waals surface area contributed by atoms with Crippen molar-refractivity contribution < 1.29 is 4.79 Å². The van der Waals surface area contributed by atoms with Crippen molar-refractivity contribution in [1.29, 1.82) is 0 Å². The molecule has 15 heavy (non-hydrogen) atoms. The second-order valence-electron chi connectivity index (χ2n) is 3.38. The topological polar surface area (TPSA) is 37.6 Å². The number of nitrogens with zero attached hydrogens (tertiary/aromatic N) is 3. The first-order chi connectivity index (χ1) is 7.15. The van der Waals surface area contributed by atoms with Gasteiger partial charge in [-0.15, -0.1) is 0 Å². The van der Waals surface area contributed by atoms with Crippen molar-refractivity contribution in [3.63, 3.8) is 0 Å². The molecule has 2 heterocycles. The smallest absolute Gasteiger partial charge is 0.169 e. The number of carbonyl (C=O) groups excluding carboxylic acids is 1. The monoisotopic (exact) mass is 267 g/mol. The van der Waals surface area contributed by atoms with Crippen LogP contribution in [0.5, 0.6) is 0 Å². The average Bonchev–Trinajstić information content (AvgIpc) is 2.52. The van der Waals surface area contributed by atoms with Crippen LogP contribution in [0.2, 0.25) is 0 Å². The molecule has 0 aliphatic carbocycles. The Kier molecular flexibility index (Phi) is 2.48. The number of fused-ring (bicyclic) bond motifs is 1. The molecule has 2 aromatic rings.